The van der Waals surface area contributed by atoms with E-state index in [4.69, 9.17) is 5.11 Å². The van der Waals surface area contributed by atoms with Gasteiger partial charge in [-0.05, 0) is 31.2 Å². The fraction of sp³-hybridized carbons (Fsp3) is 0.200. The molecule has 2 rings (SSSR count). The number of hydrogen-bond acceptors (Lipinski definition) is 3. The van der Waals surface area contributed by atoms with E-state index in [-0.39, 0.29) is 12.5 Å². The van der Waals surface area contributed by atoms with Crippen LogP contribution < -0.4 is 5.32 Å². The van der Waals surface area contributed by atoms with Crippen molar-refractivity contribution in [3.8, 4) is 11.8 Å². The molecule has 1 unspecified atom stereocenters. The Bertz CT molecular complexity index is 687. The number of halogens is 1. The molecule has 6 heteroatoms. The van der Waals surface area contributed by atoms with E-state index in [0.29, 0.717) is 11.3 Å². The normalized spacial score (nSPS) is 11.4. The molecule has 0 aliphatic carbocycles. The number of aliphatic hydroxyl groups is 1. The van der Waals surface area contributed by atoms with Gasteiger partial charge in [0.25, 0.3) is 0 Å². The first-order chi connectivity index (χ1) is 10.1. The molecule has 0 saturated heterocycles. The van der Waals surface area contributed by atoms with Crippen molar-refractivity contribution in [1.82, 2.24) is 9.78 Å². The summed E-state index contributed by atoms with van der Waals surface area (Å²) >= 11 is 0. The van der Waals surface area contributed by atoms with E-state index in [1.807, 2.05) is 0 Å². The third-order valence-electron chi connectivity index (χ3n) is 2.84. The SMILES string of the molecule is CC(C(=O)Nc1ccc(F)cc1C#CCO)n1cccn1. The van der Waals surface area contributed by atoms with E-state index in [0.717, 1.165) is 0 Å². The van der Waals surface area contributed by atoms with Crippen molar-refractivity contribution >= 4 is 11.6 Å². The summed E-state index contributed by atoms with van der Waals surface area (Å²) in [7, 11) is 0. The van der Waals surface area contributed by atoms with Crippen molar-refractivity contribution in [2.24, 2.45) is 0 Å². The van der Waals surface area contributed by atoms with Crippen LogP contribution in [0.4, 0.5) is 10.1 Å². The molecule has 0 saturated carbocycles. The van der Waals surface area contributed by atoms with Gasteiger partial charge in [-0.2, -0.15) is 5.10 Å². The number of anilines is 1. The van der Waals surface area contributed by atoms with Gasteiger partial charge in [0.15, 0.2) is 0 Å². The summed E-state index contributed by atoms with van der Waals surface area (Å²) < 4.78 is 14.7. The van der Waals surface area contributed by atoms with Gasteiger partial charge < -0.3 is 10.4 Å². The smallest absolute Gasteiger partial charge is 0.248 e. The van der Waals surface area contributed by atoms with Crippen LogP contribution in [0.15, 0.2) is 36.7 Å². The molecule has 2 N–H and O–H groups in total. The number of nitrogens with zero attached hydrogens (tertiary/aromatic N) is 2. The predicted octanol–water partition coefficient (Wildman–Crippen LogP) is 1.57. The topological polar surface area (TPSA) is 67.2 Å². The molecule has 108 valence electrons. The fourth-order valence-electron chi connectivity index (χ4n) is 1.73. The number of nitrogens with one attached hydrogen (secondary N) is 1. The number of carbonyl (C=O) groups is 1. The Morgan fingerprint density at radius 2 is 2.38 bits per heavy atom. The second-order valence-corrected chi connectivity index (χ2v) is 4.30. The van der Waals surface area contributed by atoms with Crippen molar-refractivity contribution in [3.05, 3.63) is 48.0 Å². The van der Waals surface area contributed by atoms with Crippen molar-refractivity contribution in [3.63, 3.8) is 0 Å². The lowest BCUT2D eigenvalue weighted by atomic mass is 10.1. The Hall–Kier alpha value is -2.65. The van der Waals surface area contributed by atoms with E-state index in [9.17, 15) is 9.18 Å². The first-order valence-electron chi connectivity index (χ1n) is 6.31. The highest BCUT2D eigenvalue weighted by molar-refractivity contribution is 5.94. The molecule has 1 amide bonds. The van der Waals surface area contributed by atoms with Crippen molar-refractivity contribution in [1.29, 1.82) is 0 Å². The predicted molar refractivity (Wildman–Crippen MR) is 75.9 cm³/mol. The molecule has 0 radical (unpaired) electrons. The van der Waals surface area contributed by atoms with Gasteiger partial charge in [0, 0.05) is 12.4 Å². The van der Waals surface area contributed by atoms with Crippen molar-refractivity contribution < 1.29 is 14.3 Å². The molecule has 1 aromatic heterocycles. The highest BCUT2D eigenvalue weighted by Crippen LogP contribution is 2.18. The minimum atomic E-state index is -0.510. The van der Waals surface area contributed by atoms with Crippen LogP contribution >= 0.6 is 0 Å². The zero-order valence-corrected chi connectivity index (χ0v) is 11.4. The Labute approximate surface area is 121 Å². The maximum atomic E-state index is 13.2. The van der Waals surface area contributed by atoms with Gasteiger partial charge in [0.1, 0.15) is 18.5 Å². The van der Waals surface area contributed by atoms with Crippen molar-refractivity contribution in [2.45, 2.75) is 13.0 Å². The van der Waals surface area contributed by atoms with Crippen LogP contribution in [0.3, 0.4) is 0 Å². The second kappa shape index (κ2) is 6.68. The summed E-state index contributed by atoms with van der Waals surface area (Å²) in [5.41, 5.74) is 0.700. The number of aliphatic hydroxyl groups excluding tert-OH is 1. The Morgan fingerprint density at radius 1 is 1.57 bits per heavy atom. The average Bonchev–Trinajstić information content (AvgIpc) is 3.00. The van der Waals surface area contributed by atoms with Crippen LogP contribution in [-0.2, 0) is 4.79 Å². The third-order valence-corrected chi connectivity index (χ3v) is 2.84. The quantitative estimate of drug-likeness (QED) is 0.842. The maximum absolute atomic E-state index is 13.2. The molecule has 0 fully saturated rings. The number of benzene rings is 1. The van der Waals surface area contributed by atoms with Gasteiger partial charge in [0.2, 0.25) is 5.91 Å². The van der Waals surface area contributed by atoms with Gasteiger partial charge >= 0.3 is 0 Å². The van der Waals surface area contributed by atoms with Crippen molar-refractivity contribution in [2.75, 3.05) is 11.9 Å². The molecule has 5 nitrogen and oxygen atoms in total. The van der Waals surface area contributed by atoms with Crippen LogP contribution in [0.5, 0.6) is 0 Å². The van der Waals surface area contributed by atoms with Gasteiger partial charge in [-0.15, -0.1) is 0 Å². The van der Waals surface area contributed by atoms with Gasteiger partial charge in [-0.3, -0.25) is 9.48 Å². The van der Waals surface area contributed by atoms with Crippen LogP contribution in [0.1, 0.15) is 18.5 Å². The minimum absolute atomic E-state index is 0.294. The highest BCUT2D eigenvalue weighted by atomic mass is 19.1. The Morgan fingerprint density at radius 3 is 3.05 bits per heavy atom. The fourth-order valence-corrected chi connectivity index (χ4v) is 1.73. The molecular weight excluding hydrogens is 273 g/mol. The van der Waals surface area contributed by atoms with Gasteiger partial charge in [-0.1, -0.05) is 11.8 Å². The Kier molecular flexibility index (Phi) is 4.69. The third kappa shape index (κ3) is 3.68. The van der Waals surface area contributed by atoms with E-state index in [1.54, 1.807) is 25.4 Å². The number of aromatic nitrogens is 2. The standard InChI is InChI=1S/C15H14FN3O2/c1-11(19-8-3-7-17-19)15(21)18-14-6-5-13(16)10-12(14)4-2-9-20/h3,5-8,10-11,20H,9H2,1H3,(H,18,21). The second-order valence-electron chi connectivity index (χ2n) is 4.30. The minimum Gasteiger partial charge on any atom is -0.384 e. The summed E-state index contributed by atoms with van der Waals surface area (Å²) in [6.07, 6.45) is 3.27. The number of carbonyl (C=O) groups excluding carboxylic acids is 1. The summed E-state index contributed by atoms with van der Waals surface area (Å²) in [6, 6.07) is 5.09. The molecule has 21 heavy (non-hydrogen) atoms. The molecular formula is C15H14FN3O2. The lowest BCUT2D eigenvalue weighted by Crippen LogP contribution is -2.24. The van der Waals surface area contributed by atoms with E-state index in [1.165, 1.54) is 22.9 Å². The molecule has 1 atom stereocenters. The molecule has 0 aliphatic rings. The monoisotopic (exact) mass is 287 g/mol. The Balaban J connectivity index is 2.21. The maximum Gasteiger partial charge on any atom is 0.248 e. The van der Waals surface area contributed by atoms with Crippen LogP contribution in [0.2, 0.25) is 0 Å². The number of amides is 1. The molecule has 1 aromatic carbocycles. The highest BCUT2D eigenvalue weighted by Gasteiger charge is 2.16. The molecule has 0 aliphatic heterocycles. The van der Waals surface area contributed by atoms with E-state index < -0.39 is 11.9 Å². The molecule has 1 heterocycles. The van der Waals surface area contributed by atoms with E-state index >= 15 is 0 Å². The molecule has 0 bridgehead atoms. The van der Waals surface area contributed by atoms with Crippen LogP contribution in [-0.4, -0.2) is 27.4 Å². The molecule has 0 spiro atoms. The summed E-state index contributed by atoms with van der Waals surface area (Å²) in [5.74, 6) is 4.28. The van der Waals surface area contributed by atoms with Gasteiger partial charge in [-0.25, -0.2) is 4.39 Å². The first-order valence-corrected chi connectivity index (χ1v) is 6.31. The average molecular weight is 287 g/mol. The van der Waals surface area contributed by atoms with Gasteiger partial charge in [0.05, 0.1) is 11.3 Å². The zero-order valence-electron chi connectivity index (χ0n) is 11.4. The molecule has 2 aromatic rings. The number of rotatable bonds is 3. The lowest BCUT2D eigenvalue weighted by molar-refractivity contribution is -0.119. The summed E-state index contributed by atoms with van der Waals surface area (Å²) in [5, 5.41) is 15.4. The summed E-state index contributed by atoms with van der Waals surface area (Å²) in [4.78, 5) is 12.2. The van der Waals surface area contributed by atoms with E-state index in [2.05, 4.69) is 22.3 Å². The zero-order chi connectivity index (χ0) is 15.2. The lowest BCUT2D eigenvalue weighted by Gasteiger charge is -2.13. The van der Waals surface area contributed by atoms with Crippen LogP contribution in [0, 0.1) is 17.7 Å². The van der Waals surface area contributed by atoms with Crippen LogP contribution in [0.25, 0.3) is 0 Å². The summed E-state index contributed by atoms with van der Waals surface area (Å²) in [6.45, 7) is 1.36. The number of hydrogen-bond donors (Lipinski definition) is 2. The first kappa shape index (κ1) is 14.8. The largest absolute Gasteiger partial charge is 0.384 e.